The Bertz CT molecular complexity index is 114. The summed E-state index contributed by atoms with van der Waals surface area (Å²) in [6.45, 7) is 7.82. The van der Waals surface area contributed by atoms with Gasteiger partial charge in [-0.05, 0) is 26.0 Å². The van der Waals surface area contributed by atoms with Gasteiger partial charge in [0.05, 0.1) is 0 Å². The van der Waals surface area contributed by atoms with Crippen LogP contribution in [0.4, 0.5) is 0 Å². The molecule has 0 spiro atoms. The molecule has 0 saturated carbocycles. The smallest absolute Gasteiger partial charge is 0.0356 e. The zero-order valence-electron chi connectivity index (χ0n) is 7.06. The summed E-state index contributed by atoms with van der Waals surface area (Å²) in [6.07, 6.45) is 6.76. The van der Waals surface area contributed by atoms with Crippen LogP contribution >= 0.6 is 0 Å². The Morgan fingerprint density at radius 2 is 2.20 bits per heavy atom. The summed E-state index contributed by atoms with van der Waals surface area (Å²) >= 11 is 0. The van der Waals surface area contributed by atoms with Gasteiger partial charge in [0.1, 0.15) is 0 Å². The van der Waals surface area contributed by atoms with Crippen molar-refractivity contribution in [1.29, 1.82) is 0 Å². The Kier molecular flexibility index (Phi) is 6.14. The van der Waals surface area contributed by atoms with Crippen LogP contribution in [0.2, 0.25) is 0 Å². The average molecular weight is 139 g/mol. The van der Waals surface area contributed by atoms with Gasteiger partial charge in [-0.1, -0.05) is 26.3 Å². The van der Waals surface area contributed by atoms with Gasteiger partial charge < -0.3 is 0 Å². The largest absolute Gasteiger partial charge is 0.269 e. The summed E-state index contributed by atoms with van der Waals surface area (Å²) in [5.74, 6) is 0. The van der Waals surface area contributed by atoms with E-state index in [0.29, 0.717) is 0 Å². The van der Waals surface area contributed by atoms with E-state index in [4.69, 9.17) is 0 Å². The average Bonchev–Trinajstić information content (AvgIpc) is 1.98. The normalized spacial score (nSPS) is 11.6. The van der Waals surface area contributed by atoms with Crippen LogP contribution in [0, 0.1) is 0 Å². The topological polar surface area (TPSA) is 12.4 Å². The van der Waals surface area contributed by atoms with Gasteiger partial charge in [-0.15, -0.1) is 0 Å². The zero-order valence-corrected chi connectivity index (χ0v) is 7.06. The van der Waals surface area contributed by atoms with Crippen molar-refractivity contribution < 1.29 is 0 Å². The highest BCUT2D eigenvalue weighted by molar-refractivity contribution is 5.28. The molecule has 0 heterocycles. The van der Waals surface area contributed by atoms with Crippen LogP contribution in [0.1, 0.15) is 39.5 Å². The van der Waals surface area contributed by atoms with E-state index in [1.807, 2.05) is 0 Å². The first-order chi connectivity index (χ1) is 4.85. The molecule has 0 aromatic rings. The van der Waals surface area contributed by atoms with Crippen molar-refractivity contribution >= 4 is 6.72 Å². The highest BCUT2D eigenvalue weighted by Gasteiger charge is 1.89. The van der Waals surface area contributed by atoms with Gasteiger partial charge in [-0.2, -0.15) is 0 Å². The molecule has 0 N–H and O–H groups in total. The molecular weight excluding hydrogens is 122 g/mol. The lowest BCUT2D eigenvalue weighted by molar-refractivity contribution is 0.779. The Labute approximate surface area is 63.9 Å². The predicted octanol–water partition coefficient (Wildman–Crippen LogP) is 3.17. The summed E-state index contributed by atoms with van der Waals surface area (Å²) < 4.78 is 0. The maximum atomic E-state index is 3.93. The molecule has 1 heteroatoms. The maximum Gasteiger partial charge on any atom is 0.0356 e. The van der Waals surface area contributed by atoms with Gasteiger partial charge in [0.15, 0.2) is 0 Å². The molecule has 0 aromatic carbocycles. The van der Waals surface area contributed by atoms with Gasteiger partial charge in [0, 0.05) is 5.70 Å². The van der Waals surface area contributed by atoms with Crippen molar-refractivity contribution in [2.45, 2.75) is 39.5 Å². The second-order valence-electron chi connectivity index (χ2n) is 2.37. The monoisotopic (exact) mass is 139 g/mol. The fourth-order valence-corrected chi connectivity index (χ4v) is 0.839. The van der Waals surface area contributed by atoms with Crippen LogP contribution in [-0.4, -0.2) is 6.72 Å². The quantitative estimate of drug-likeness (QED) is 0.519. The fraction of sp³-hybridized carbons (Fsp3) is 0.667. The molecule has 0 amide bonds. The van der Waals surface area contributed by atoms with E-state index in [2.05, 4.69) is 31.6 Å². The molecule has 0 rings (SSSR count). The van der Waals surface area contributed by atoms with E-state index in [1.165, 1.54) is 12.8 Å². The second kappa shape index (κ2) is 6.53. The number of allylic oxidation sites excluding steroid dienone is 2. The molecule has 58 valence electrons. The third kappa shape index (κ3) is 4.30. The Morgan fingerprint density at radius 1 is 1.50 bits per heavy atom. The zero-order chi connectivity index (χ0) is 7.82. The number of nitrogens with zero attached hydrogens (tertiary/aromatic N) is 1. The van der Waals surface area contributed by atoms with Crippen molar-refractivity contribution in [3.63, 3.8) is 0 Å². The maximum absolute atomic E-state index is 3.93. The molecule has 10 heavy (non-hydrogen) atoms. The number of hydrogen-bond acceptors (Lipinski definition) is 1. The van der Waals surface area contributed by atoms with Crippen molar-refractivity contribution in [3.05, 3.63) is 11.8 Å². The van der Waals surface area contributed by atoms with Gasteiger partial charge in [0.2, 0.25) is 0 Å². The Balaban J connectivity index is 3.60. The van der Waals surface area contributed by atoms with E-state index in [-0.39, 0.29) is 0 Å². The molecule has 0 atom stereocenters. The lowest BCUT2D eigenvalue weighted by Gasteiger charge is -1.97. The molecule has 0 aliphatic carbocycles. The first-order valence-corrected chi connectivity index (χ1v) is 4.00. The summed E-state index contributed by atoms with van der Waals surface area (Å²) in [5.41, 5.74) is 1.16. The molecule has 0 aliphatic rings. The van der Waals surface area contributed by atoms with E-state index >= 15 is 0 Å². The third-order valence-corrected chi connectivity index (χ3v) is 1.43. The minimum Gasteiger partial charge on any atom is -0.269 e. The molecule has 0 fully saturated rings. The second-order valence-corrected chi connectivity index (χ2v) is 2.37. The van der Waals surface area contributed by atoms with E-state index in [9.17, 15) is 0 Å². The minimum atomic E-state index is 1.07. The van der Waals surface area contributed by atoms with Gasteiger partial charge in [0.25, 0.3) is 0 Å². The van der Waals surface area contributed by atoms with Crippen LogP contribution in [0.25, 0.3) is 0 Å². The van der Waals surface area contributed by atoms with Crippen molar-refractivity contribution in [1.82, 2.24) is 0 Å². The summed E-state index contributed by atoms with van der Waals surface area (Å²) in [6, 6.07) is 0. The molecule has 0 unspecified atom stereocenters. The minimum absolute atomic E-state index is 1.07. The predicted molar refractivity (Wildman–Crippen MR) is 47.4 cm³/mol. The Hall–Kier alpha value is -0.590. The molecular formula is C9H17N. The lowest BCUT2D eigenvalue weighted by atomic mass is 10.2. The highest BCUT2D eigenvalue weighted by Crippen LogP contribution is 2.08. The standard InChI is InChI=1S/C9H17N/c1-4-6-8-9(10-3)7-5-2/h7H,3-6,8H2,1-2H3. The first kappa shape index (κ1) is 9.41. The molecule has 0 radical (unpaired) electrons. The number of aliphatic imine (C=N–C) groups is 1. The van der Waals surface area contributed by atoms with Gasteiger partial charge >= 0.3 is 0 Å². The van der Waals surface area contributed by atoms with Gasteiger partial charge in [-0.25, -0.2) is 0 Å². The lowest BCUT2D eigenvalue weighted by Crippen LogP contribution is -1.78. The summed E-state index contributed by atoms with van der Waals surface area (Å²) in [5, 5.41) is 0. The van der Waals surface area contributed by atoms with Crippen molar-refractivity contribution in [3.8, 4) is 0 Å². The molecule has 0 bridgehead atoms. The van der Waals surface area contributed by atoms with Crippen LogP contribution in [0.5, 0.6) is 0 Å². The summed E-state index contributed by atoms with van der Waals surface area (Å²) in [4.78, 5) is 3.93. The van der Waals surface area contributed by atoms with E-state index in [0.717, 1.165) is 18.5 Å². The third-order valence-electron chi connectivity index (χ3n) is 1.43. The first-order valence-electron chi connectivity index (χ1n) is 4.00. The Morgan fingerprint density at radius 3 is 2.60 bits per heavy atom. The van der Waals surface area contributed by atoms with Crippen LogP contribution in [0.3, 0.4) is 0 Å². The van der Waals surface area contributed by atoms with Gasteiger partial charge in [-0.3, -0.25) is 4.99 Å². The molecule has 0 saturated heterocycles. The molecule has 0 aliphatic heterocycles. The number of unbranched alkanes of at least 4 members (excludes halogenated alkanes) is 1. The fourth-order valence-electron chi connectivity index (χ4n) is 0.839. The van der Waals surface area contributed by atoms with Crippen LogP contribution < -0.4 is 0 Å². The van der Waals surface area contributed by atoms with Crippen molar-refractivity contribution in [2.75, 3.05) is 0 Å². The molecule has 1 nitrogen and oxygen atoms in total. The number of rotatable bonds is 5. The van der Waals surface area contributed by atoms with Crippen LogP contribution in [0.15, 0.2) is 16.8 Å². The van der Waals surface area contributed by atoms with E-state index in [1.54, 1.807) is 0 Å². The number of hydrogen-bond donors (Lipinski definition) is 0. The van der Waals surface area contributed by atoms with E-state index < -0.39 is 0 Å². The van der Waals surface area contributed by atoms with Crippen LogP contribution in [-0.2, 0) is 0 Å². The highest BCUT2D eigenvalue weighted by atomic mass is 14.7. The van der Waals surface area contributed by atoms with Crippen molar-refractivity contribution in [2.24, 2.45) is 4.99 Å². The SMILES string of the molecule is C=NC(=CCC)CCCC. The summed E-state index contributed by atoms with van der Waals surface area (Å²) in [7, 11) is 0. The molecule has 0 aromatic heterocycles.